The molecule has 0 spiro atoms. The molecule has 27 heavy (non-hydrogen) atoms. The molecule has 1 aliphatic rings. The van der Waals surface area contributed by atoms with Gasteiger partial charge >= 0.3 is 0 Å². The molecule has 0 aromatic heterocycles. The highest BCUT2D eigenvalue weighted by molar-refractivity contribution is 7.59. The van der Waals surface area contributed by atoms with E-state index >= 15 is 0 Å². The van der Waals surface area contributed by atoms with E-state index in [9.17, 15) is 0 Å². The summed E-state index contributed by atoms with van der Waals surface area (Å²) in [6, 6.07) is 6.84. The van der Waals surface area contributed by atoms with E-state index in [0.29, 0.717) is 11.8 Å². The molecular weight excluding hydrogens is 345 g/mol. The number of para-hydroxylation sites is 1. The first-order valence-electron chi connectivity index (χ1n) is 11.4. The number of hydrogen-bond acceptors (Lipinski definition) is 1. The summed E-state index contributed by atoms with van der Waals surface area (Å²) in [5, 5.41) is 0. The minimum atomic E-state index is 0.110. The van der Waals surface area contributed by atoms with E-state index < -0.39 is 0 Å². The van der Waals surface area contributed by atoms with Crippen molar-refractivity contribution < 1.29 is 0 Å². The van der Waals surface area contributed by atoms with Crippen LogP contribution in [0.5, 0.6) is 0 Å². The SMILES string of the molecule is CCCCP(CCCC)C1CCCC1=Nc1c(C(C)C)cccc1C(C)C. The second kappa shape index (κ2) is 11.4. The van der Waals surface area contributed by atoms with Gasteiger partial charge in [-0.3, -0.25) is 4.99 Å². The predicted molar refractivity (Wildman–Crippen MR) is 126 cm³/mol. The molecule has 1 atom stereocenters. The summed E-state index contributed by atoms with van der Waals surface area (Å²) in [4.78, 5) is 5.45. The number of rotatable bonds is 10. The summed E-state index contributed by atoms with van der Waals surface area (Å²) in [5.41, 5.74) is 6.52. The summed E-state index contributed by atoms with van der Waals surface area (Å²) in [7, 11) is 0.110. The third-order valence-electron chi connectivity index (χ3n) is 5.93. The van der Waals surface area contributed by atoms with Crippen LogP contribution in [0.1, 0.15) is 109 Å². The summed E-state index contributed by atoms with van der Waals surface area (Å²) >= 11 is 0. The predicted octanol–water partition coefficient (Wildman–Crippen LogP) is 8.64. The van der Waals surface area contributed by atoms with E-state index in [2.05, 4.69) is 59.7 Å². The van der Waals surface area contributed by atoms with Gasteiger partial charge in [-0.25, -0.2) is 0 Å². The molecule has 1 saturated carbocycles. The maximum atomic E-state index is 5.45. The van der Waals surface area contributed by atoms with Crippen LogP contribution in [0.4, 0.5) is 5.69 Å². The normalized spacial score (nSPS) is 19.1. The van der Waals surface area contributed by atoms with Crippen LogP contribution < -0.4 is 0 Å². The zero-order valence-electron chi connectivity index (χ0n) is 18.7. The van der Waals surface area contributed by atoms with Gasteiger partial charge < -0.3 is 0 Å². The van der Waals surface area contributed by atoms with Crippen molar-refractivity contribution in [3.05, 3.63) is 29.3 Å². The summed E-state index contributed by atoms with van der Waals surface area (Å²) < 4.78 is 0. The molecule has 0 bridgehead atoms. The third-order valence-corrected chi connectivity index (χ3v) is 9.15. The van der Waals surface area contributed by atoms with E-state index in [4.69, 9.17) is 4.99 Å². The van der Waals surface area contributed by atoms with Crippen LogP contribution in [0, 0.1) is 0 Å². The first-order chi connectivity index (χ1) is 13.0. The Morgan fingerprint density at radius 2 is 1.52 bits per heavy atom. The topological polar surface area (TPSA) is 12.4 Å². The average molecular weight is 388 g/mol. The molecule has 0 N–H and O–H groups in total. The Bertz CT molecular complexity index is 568. The van der Waals surface area contributed by atoms with Crippen molar-refractivity contribution in [3.63, 3.8) is 0 Å². The highest BCUT2D eigenvalue weighted by Gasteiger charge is 2.30. The molecule has 1 unspecified atom stereocenters. The summed E-state index contributed by atoms with van der Waals surface area (Å²) in [5.74, 6) is 1.06. The van der Waals surface area contributed by atoms with Gasteiger partial charge in [0.1, 0.15) is 0 Å². The molecular formula is C25H42NP. The maximum Gasteiger partial charge on any atom is 0.0698 e. The van der Waals surface area contributed by atoms with Crippen molar-refractivity contribution in [1.29, 1.82) is 0 Å². The van der Waals surface area contributed by atoms with Crippen LogP contribution in [0.15, 0.2) is 23.2 Å². The van der Waals surface area contributed by atoms with Crippen LogP contribution >= 0.6 is 7.92 Å². The van der Waals surface area contributed by atoms with E-state index in [1.807, 2.05) is 0 Å². The molecule has 0 radical (unpaired) electrons. The number of aliphatic imine (C=N–C) groups is 1. The first-order valence-corrected chi connectivity index (χ1v) is 13.2. The third kappa shape index (κ3) is 6.15. The van der Waals surface area contributed by atoms with Gasteiger partial charge in [-0.05, 0) is 67.4 Å². The Morgan fingerprint density at radius 1 is 0.963 bits per heavy atom. The van der Waals surface area contributed by atoms with Crippen molar-refractivity contribution in [3.8, 4) is 0 Å². The van der Waals surface area contributed by atoms with E-state index in [1.165, 1.54) is 74.1 Å². The summed E-state index contributed by atoms with van der Waals surface area (Å²) in [6.07, 6.45) is 12.3. The Balaban J connectivity index is 2.38. The van der Waals surface area contributed by atoms with Crippen LogP contribution in [0.25, 0.3) is 0 Å². The molecule has 1 fully saturated rings. The van der Waals surface area contributed by atoms with E-state index in [1.54, 1.807) is 5.71 Å². The zero-order chi connectivity index (χ0) is 19.8. The Labute approximate surface area is 170 Å². The van der Waals surface area contributed by atoms with Gasteiger partial charge in [-0.1, -0.05) is 80.5 Å². The maximum absolute atomic E-state index is 5.45. The standard InChI is InChI=1S/C25H42NP/c1-7-9-17-27(18-10-8-2)24-16-12-15-23(24)26-25-21(19(3)4)13-11-14-22(25)20(5)6/h11,13-14,19-20,24H,7-10,12,15-18H2,1-6H3. The van der Waals surface area contributed by atoms with E-state index in [0.717, 1.165) is 5.66 Å². The quantitative estimate of drug-likeness (QED) is 0.356. The molecule has 1 aromatic carbocycles. The van der Waals surface area contributed by atoms with Crippen LogP contribution in [0.2, 0.25) is 0 Å². The van der Waals surface area contributed by atoms with Gasteiger partial charge in [0.25, 0.3) is 0 Å². The van der Waals surface area contributed by atoms with Crippen LogP contribution in [-0.4, -0.2) is 23.7 Å². The number of unbranched alkanes of at least 4 members (excludes halogenated alkanes) is 2. The smallest absolute Gasteiger partial charge is 0.0698 e. The minimum absolute atomic E-state index is 0.110. The largest absolute Gasteiger partial charge is 0.257 e. The van der Waals surface area contributed by atoms with Gasteiger partial charge in [0.05, 0.1) is 5.69 Å². The summed E-state index contributed by atoms with van der Waals surface area (Å²) in [6.45, 7) is 13.9. The molecule has 0 aliphatic heterocycles. The van der Waals surface area contributed by atoms with Gasteiger partial charge in [0.15, 0.2) is 0 Å². The Hall–Kier alpha value is -0.680. The number of benzene rings is 1. The molecule has 0 heterocycles. The molecule has 1 aromatic rings. The molecule has 2 rings (SSSR count). The van der Waals surface area contributed by atoms with Gasteiger partial charge in [-0.2, -0.15) is 0 Å². The van der Waals surface area contributed by atoms with Gasteiger partial charge in [0, 0.05) is 11.4 Å². The molecule has 1 nitrogen and oxygen atoms in total. The first kappa shape index (κ1) is 22.6. The van der Waals surface area contributed by atoms with Crippen LogP contribution in [0.3, 0.4) is 0 Å². The fraction of sp³-hybridized carbons (Fsp3) is 0.720. The lowest BCUT2D eigenvalue weighted by atomic mass is 9.93. The monoisotopic (exact) mass is 387 g/mol. The lowest BCUT2D eigenvalue weighted by molar-refractivity contribution is 0.834. The average Bonchev–Trinajstić information content (AvgIpc) is 3.09. The molecule has 1 aliphatic carbocycles. The van der Waals surface area contributed by atoms with Crippen molar-refractivity contribution in [2.75, 3.05) is 12.3 Å². The fourth-order valence-electron chi connectivity index (χ4n) is 4.26. The molecule has 152 valence electrons. The molecule has 2 heteroatoms. The number of nitrogens with zero attached hydrogens (tertiary/aromatic N) is 1. The lowest BCUT2D eigenvalue weighted by Gasteiger charge is -2.26. The van der Waals surface area contributed by atoms with Gasteiger partial charge in [-0.15, -0.1) is 0 Å². The minimum Gasteiger partial charge on any atom is -0.257 e. The highest BCUT2D eigenvalue weighted by atomic mass is 31.1. The van der Waals surface area contributed by atoms with Crippen molar-refractivity contribution >= 4 is 19.3 Å². The Morgan fingerprint density at radius 3 is 2.00 bits per heavy atom. The number of hydrogen-bond donors (Lipinski definition) is 0. The zero-order valence-corrected chi connectivity index (χ0v) is 19.6. The van der Waals surface area contributed by atoms with Crippen molar-refractivity contribution in [1.82, 2.24) is 0 Å². The van der Waals surface area contributed by atoms with Crippen molar-refractivity contribution in [2.24, 2.45) is 4.99 Å². The van der Waals surface area contributed by atoms with E-state index in [-0.39, 0.29) is 7.92 Å². The van der Waals surface area contributed by atoms with Gasteiger partial charge in [0.2, 0.25) is 0 Å². The second-order valence-corrected chi connectivity index (χ2v) is 11.5. The van der Waals surface area contributed by atoms with Crippen LogP contribution in [-0.2, 0) is 0 Å². The lowest BCUT2D eigenvalue weighted by Crippen LogP contribution is -2.15. The Kier molecular flexibility index (Phi) is 9.51. The fourth-order valence-corrected chi connectivity index (χ4v) is 7.71. The van der Waals surface area contributed by atoms with Crippen molar-refractivity contribution in [2.45, 2.75) is 104 Å². The molecule has 0 saturated heterocycles. The highest BCUT2D eigenvalue weighted by Crippen LogP contribution is 2.50. The second-order valence-electron chi connectivity index (χ2n) is 8.85. The molecule has 0 amide bonds.